The molecule has 1 amide bonds. The van der Waals surface area contributed by atoms with Crippen LogP contribution in [0.3, 0.4) is 0 Å². The number of rotatable bonds is 3. The molecule has 21 heavy (non-hydrogen) atoms. The highest BCUT2D eigenvalue weighted by Gasteiger charge is 2.08. The van der Waals surface area contributed by atoms with E-state index in [1.54, 1.807) is 30.7 Å². The molecule has 2 aromatic heterocycles. The number of aromatic amines is 1. The van der Waals surface area contributed by atoms with E-state index >= 15 is 0 Å². The maximum atomic E-state index is 12.0. The van der Waals surface area contributed by atoms with E-state index in [0.29, 0.717) is 5.69 Å². The number of hydrogen-bond acceptors (Lipinski definition) is 3. The van der Waals surface area contributed by atoms with Crippen LogP contribution in [0.15, 0.2) is 55.0 Å². The summed E-state index contributed by atoms with van der Waals surface area (Å²) in [6.45, 7) is 0. The van der Waals surface area contributed by atoms with Crippen LogP contribution in [0.1, 0.15) is 10.5 Å². The molecule has 3 rings (SSSR count). The molecule has 5 nitrogen and oxygen atoms in total. The Hall–Kier alpha value is -2.66. The molecule has 0 aliphatic rings. The molecule has 2 N–H and O–H groups in total. The average Bonchev–Trinajstić information content (AvgIpc) is 3.02. The molecule has 0 bridgehead atoms. The average molecular weight is 299 g/mol. The summed E-state index contributed by atoms with van der Waals surface area (Å²) in [6.07, 6.45) is 3.36. The lowest BCUT2D eigenvalue weighted by Gasteiger charge is -2.05. The second-order valence-electron chi connectivity index (χ2n) is 4.34. The zero-order valence-corrected chi connectivity index (χ0v) is 11.6. The van der Waals surface area contributed by atoms with Gasteiger partial charge in [-0.15, -0.1) is 0 Å². The van der Waals surface area contributed by atoms with E-state index in [0.717, 1.165) is 11.3 Å². The molecular weight excluding hydrogens is 288 g/mol. The molecule has 3 aromatic rings. The van der Waals surface area contributed by atoms with Gasteiger partial charge in [-0.3, -0.25) is 4.79 Å². The summed E-state index contributed by atoms with van der Waals surface area (Å²) in [6, 6.07) is 12.4. The standard InChI is InChI=1S/C15H11ClN4O/c16-14-3-1-2-12(20-14)15(21)19-11-6-4-10(5-7-11)13-8-17-9-18-13/h1-9H,(H,17,18)(H,19,21). The van der Waals surface area contributed by atoms with E-state index in [9.17, 15) is 4.79 Å². The number of aromatic nitrogens is 3. The Morgan fingerprint density at radius 1 is 1.14 bits per heavy atom. The van der Waals surface area contributed by atoms with Gasteiger partial charge >= 0.3 is 0 Å². The Balaban J connectivity index is 1.75. The van der Waals surface area contributed by atoms with E-state index in [1.165, 1.54) is 0 Å². The van der Waals surface area contributed by atoms with Crippen molar-refractivity contribution in [2.45, 2.75) is 0 Å². The van der Waals surface area contributed by atoms with Crippen LogP contribution in [-0.2, 0) is 0 Å². The van der Waals surface area contributed by atoms with Crippen LogP contribution in [0, 0.1) is 0 Å². The minimum absolute atomic E-state index is 0.278. The lowest BCUT2D eigenvalue weighted by atomic mass is 10.1. The van der Waals surface area contributed by atoms with E-state index in [4.69, 9.17) is 11.6 Å². The number of nitrogens with one attached hydrogen (secondary N) is 2. The van der Waals surface area contributed by atoms with Crippen molar-refractivity contribution in [3.63, 3.8) is 0 Å². The van der Waals surface area contributed by atoms with E-state index < -0.39 is 0 Å². The normalized spacial score (nSPS) is 10.3. The fraction of sp³-hybridized carbons (Fsp3) is 0. The third-order valence-electron chi connectivity index (χ3n) is 2.90. The molecule has 104 valence electrons. The maximum Gasteiger partial charge on any atom is 0.274 e. The molecule has 0 aliphatic carbocycles. The minimum atomic E-state index is -0.299. The Labute approximate surface area is 126 Å². The lowest BCUT2D eigenvalue weighted by Crippen LogP contribution is -2.13. The number of carbonyl (C=O) groups excluding carboxylic acids is 1. The summed E-state index contributed by atoms with van der Waals surface area (Å²) >= 11 is 5.77. The van der Waals surface area contributed by atoms with Crippen molar-refractivity contribution in [1.82, 2.24) is 15.0 Å². The van der Waals surface area contributed by atoms with Crippen LogP contribution >= 0.6 is 11.6 Å². The van der Waals surface area contributed by atoms with Gasteiger partial charge in [-0.05, 0) is 29.8 Å². The minimum Gasteiger partial charge on any atom is -0.345 e. The van der Waals surface area contributed by atoms with Crippen molar-refractivity contribution >= 4 is 23.2 Å². The zero-order valence-electron chi connectivity index (χ0n) is 10.9. The van der Waals surface area contributed by atoms with Crippen LogP contribution in [-0.4, -0.2) is 20.9 Å². The van der Waals surface area contributed by atoms with Crippen molar-refractivity contribution in [2.75, 3.05) is 5.32 Å². The molecule has 2 heterocycles. The summed E-state index contributed by atoms with van der Waals surface area (Å²) in [7, 11) is 0. The fourth-order valence-corrected chi connectivity index (χ4v) is 2.04. The highest BCUT2D eigenvalue weighted by Crippen LogP contribution is 2.19. The van der Waals surface area contributed by atoms with Crippen LogP contribution in [0.5, 0.6) is 0 Å². The number of anilines is 1. The molecule has 6 heteroatoms. The Bertz CT molecular complexity index is 754. The zero-order chi connectivity index (χ0) is 14.7. The van der Waals surface area contributed by atoms with Gasteiger partial charge in [0.1, 0.15) is 10.8 Å². The monoisotopic (exact) mass is 298 g/mol. The van der Waals surface area contributed by atoms with Gasteiger partial charge in [-0.2, -0.15) is 0 Å². The van der Waals surface area contributed by atoms with E-state index in [1.807, 2.05) is 24.3 Å². The van der Waals surface area contributed by atoms with Gasteiger partial charge in [0.15, 0.2) is 0 Å². The van der Waals surface area contributed by atoms with Gasteiger partial charge in [0.05, 0.1) is 18.2 Å². The first-order chi connectivity index (χ1) is 10.2. The van der Waals surface area contributed by atoms with Crippen molar-refractivity contribution in [3.05, 3.63) is 65.8 Å². The van der Waals surface area contributed by atoms with Crippen LogP contribution in [0.4, 0.5) is 5.69 Å². The number of benzene rings is 1. The topological polar surface area (TPSA) is 70.7 Å². The predicted octanol–water partition coefficient (Wildman–Crippen LogP) is 3.38. The number of hydrogen-bond donors (Lipinski definition) is 2. The Kier molecular flexibility index (Phi) is 3.66. The Morgan fingerprint density at radius 3 is 2.62 bits per heavy atom. The van der Waals surface area contributed by atoms with Crippen molar-refractivity contribution in [1.29, 1.82) is 0 Å². The SMILES string of the molecule is O=C(Nc1ccc(-c2cnc[nH]2)cc1)c1cccc(Cl)n1. The van der Waals surface area contributed by atoms with Gasteiger partial charge in [-0.25, -0.2) is 9.97 Å². The third kappa shape index (κ3) is 3.09. The summed E-state index contributed by atoms with van der Waals surface area (Å²) in [4.78, 5) is 23.0. The summed E-state index contributed by atoms with van der Waals surface area (Å²) in [5.41, 5.74) is 2.88. The van der Waals surface area contributed by atoms with Crippen LogP contribution in [0.2, 0.25) is 5.15 Å². The molecule has 0 spiro atoms. The van der Waals surface area contributed by atoms with Gasteiger partial charge < -0.3 is 10.3 Å². The van der Waals surface area contributed by atoms with Crippen molar-refractivity contribution in [3.8, 4) is 11.3 Å². The Morgan fingerprint density at radius 2 is 1.95 bits per heavy atom. The molecule has 0 atom stereocenters. The lowest BCUT2D eigenvalue weighted by molar-refractivity contribution is 0.102. The molecular formula is C15H11ClN4O. The van der Waals surface area contributed by atoms with Gasteiger partial charge in [0, 0.05) is 5.69 Å². The van der Waals surface area contributed by atoms with Crippen molar-refractivity contribution in [2.24, 2.45) is 0 Å². The maximum absolute atomic E-state index is 12.0. The van der Waals surface area contributed by atoms with Gasteiger partial charge in [0.25, 0.3) is 5.91 Å². The van der Waals surface area contributed by atoms with Crippen LogP contribution in [0.25, 0.3) is 11.3 Å². The predicted molar refractivity (Wildman–Crippen MR) is 81.2 cm³/mol. The van der Waals surface area contributed by atoms with Crippen molar-refractivity contribution < 1.29 is 4.79 Å². The molecule has 0 saturated carbocycles. The molecule has 1 aromatic carbocycles. The summed E-state index contributed by atoms with van der Waals surface area (Å²) in [5, 5.41) is 3.06. The quantitative estimate of drug-likeness (QED) is 0.728. The number of nitrogens with zero attached hydrogens (tertiary/aromatic N) is 2. The number of halogens is 1. The van der Waals surface area contributed by atoms with Crippen LogP contribution < -0.4 is 5.32 Å². The van der Waals surface area contributed by atoms with E-state index in [2.05, 4.69) is 20.3 Å². The second kappa shape index (κ2) is 5.76. The number of pyridine rings is 1. The molecule has 0 unspecified atom stereocenters. The highest BCUT2D eigenvalue weighted by atomic mass is 35.5. The smallest absolute Gasteiger partial charge is 0.274 e. The number of amides is 1. The highest BCUT2D eigenvalue weighted by molar-refractivity contribution is 6.29. The number of H-pyrrole nitrogens is 1. The van der Waals surface area contributed by atoms with Gasteiger partial charge in [-0.1, -0.05) is 29.8 Å². The largest absolute Gasteiger partial charge is 0.345 e. The molecule has 0 fully saturated rings. The number of carbonyl (C=O) groups is 1. The summed E-state index contributed by atoms with van der Waals surface area (Å²) < 4.78 is 0. The molecule has 0 saturated heterocycles. The summed E-state index contributed by atoms with van der Waals surface area (Å²) in [5.74, 6) is -0.299. The van der Waals surface area contributed by atoms with Gasteiger partial charge in [0.2, 0.25) is 0 Å². The second-order valence-corrected chi connectivity index (χ2v) is 4.73. The fourth-order valence-electron chi connectivity index (χ4n) is 1.88. The first-order valence-electron chi connectivity index (χ1n) is 6.25. The third-order valence-corrected chi connectivity index (χ3v) is 3.11. The van der Waals surface area contributed by atoms with E-state index in [-0.39, 0.29) is 16.8 Å². The first kappa shape index (κ1) is 13.3. The molecule has 0 aliphatic heterocycles. The first-order valence-corrected chi connectivity index (χ1v) is 6.63. The number of imidazole rings is 1. The molecule has 0 radical (unpaired) electrons.